The quantitative estimate of drug-likeness (QED) is 0.665. The Morgan fingerprint density at radius 1 is 1.07 bits per heavy atom. The summed E-state index contributed by atoms with van der Waals surface area (Å²) in [5.41, 5.74) is 1.03. The normalized spacial score (nSPS) is 22.7. The summed E-state index contributed by atoms with van der Waals surface area (Å²) in [4.78, 5) is 14.7. The number of amides is 1. The molecule has 0 bridgehead atoms. The molecule has 2 fully saturated rings. The minimum atomic E-state index is -0.229. The lowest BCUT2D eigenvalue weighted by molar-refractivity contribution is -0.121. The van der Waals surface area contributed by atoms with E-state index in [1.165, 1.54) is 50.7 Å². The standard InChI is InChI=1S/C23H34FN3OS/c1-17-7-5-6-10-21(17)26-22(28)15-25-23(29)27(20-8-3-2-4-9-20)16-18-11-13-19(24)14-12-18/h11-14,17,20-21H,2-10,15-16H2,1H3,(H,25,29)(H,26,28)/t17-,21+/m0/s1. The van der Waals surface area contributed by atoms with Gasteiger partial charge in [0.2, 0.25) is 5.91 Å². The van der Waals surface area contributed by atoms with E-state index in [2.05, 4.69) is 22.5 Å². The molecular formula is C23H34FN3OS. The van der Waals surface area contributed by atoms with Gasteiger partial charge < -0.3 is 15.5 Å². The maximum Gasteiger partial charge on any atom is 0.239 e. The van der Waals surface area contributed by atoms with Gasteiger partial charge in [-0.05, 0) is 61.5 Å². The molecule has 0 aliphatic heterocycles. The molecular weight excluding hydrogens is 385 g/mol. The fourth-order valence-corrected chi connectivity index (χ4v) is 4.88. The van der Waals surface area contributed by atoms with Crippen molar-refractivity contribution < 1.29 is 9.18 Å². The predicted molar refractivity (Wildman–Crippen MR) is 119 cm³/mol. The van der Waals surface area contributed by atoms with Crippen LogP contribution in [0, 0.1) is 11.7 Å². The molecule has 6 heteroatoms. The highest BCUT2D eigenvalue weighted by Gasteiger charge is 2.25. The number of hydrogen-bond donors (Lipinski definition) is 2. The molecule has 2 aliphatic carbocycles. The molecule has 1 aromatic rings. The average molecular weight is 420 g/mol. The molecule has 0 unspecified atom stereocenters. The fraction of sp³-hybridized carbons (Fsp3) is 0.652. The van der Waals surface area contributed by atoms with Crippen LogP contribution in [0.2, 0.25) is 0 Å². The largest absolute Gasteiger partial charge is 0.353 e. The average Bonchev–Trinajstić information content (AvgIpc) is 2.74. The van der Waals surface area contributed by atoms with Crippen LogP contribution >= 0.6 is 12.2 Å². The number of benzene rings is 1. The number of hydrogen-bond acceptors (Lipinski definition) is 2. The topological polar surface area (TPSA) is 44.4 Å². The third kappa shape index (κ3) is 6.66. The van der Waals surface area contributed by atoms with Crippen LogP contribution in [0.25, 0.3) is 0 Å². The zero-order chi connectivity index (χ0) is 20.6. The second-order valence-corrected chi connectivity index (χ2v) is 9.03. The van der Waals surface area contributed by atoms with Crippen molar-refractivity contribution in [3.05, 3.63) is 35.6 Å². The molecule has 2 aliphatic rings. The molecule has 2 saturated carbocycles. The Morgan fingerprint density at radius 3 is 2.41 bits per heavy atom. The maximum atomic E-state index is 13.3. The van der Waals surface area contributed by atoms with Crippen LogP contribution in [0.15, 0.2) is 24.3 Å². The van der Waals surface area contributed by atoms with E-state index < -0.39 is 0 Å². The lowest BCUT2D eigenvalue weighted by Gasteiger charge is -2.36. The van der Waals surface area contributed by atoms with Crippen molar-refractivity contribution in [1.29, 1.82) is 0 Å². The van der Waals surface area contributed by atoms with E-state index in [1.54, 1.807) is 0 Å². The lowest BCUT2D eigenvalue weighted by Crippen LogP contribution is -2.50. The van der Waals surface area contributed by atoms with Crippen LogP contribution in [-0.4, -0.2) is 34.5 Å². The number of carbonyl (C=O) groups excluding carboxylic acids is 1. The first-order valence-corrected chi connectivity index (χ1v) is 11.5. The van der Waals surface area contributed by atoms with Crippen molar-refractivity contribution in [2.45, 2.75) is 83.3 Å². The highest BCUT2D eigenvalue weighted by molar-refractivity contribution is 7.80. The van der Waals surface area contributed by atoms with Crippen LogP contribution in [0.5, 0.6) is 0 Å². The zero-order valence-corrected chi connectivity index (χ0v) is 18.3. The van der Waals surface area contributed by atoms with Crippen molar-refractivity contribution >= 4 is 23.2 Å². The molecule has 0 spiro atoms. The number of rotatable bonds is 6. The van der Waals surface area contributed by atoms with E-state index >= 15 is 0 Å². The smallest absolute Gasteiger partial charge is 0.239 e. The fourth-order valence-electron chi connectivity index (χ4n) is 4.59. The van der Waals surface area contributed by atoms with Gasteiger partial charge in [-0.1, -0.05) is 51.2 Å². The van der Waals surface area contributed by atoms with Crippen LogP contribution in [-0.2, 0) is 11.3 Å². The maximum absolute atomic E-state index is 13.3. The van der Waals surface area contributed by atoms with E-state index in [-0.39, 0.29) is 24.3 Å². The van der Waals surface area contributed by atoms with Crippen LogP contribution < -0.4 is 10.6 Å². The first-order chi connectivity index (χ1) is 14.0. The Bertz CT molecular complexity index is 675. The summed E-state index contributed by atoms with van der Waals surface area (Å²) in [6.45, 7) is 3.06. The molecule has 1 amide bonds. The van der Waals surface area contributed by atoms with Gasteiger partial charge in [0.1, 0.15) is 5.82 Å². The molecule has 1 aromatic carbocycles. The van der Waals surface area contributed by atoms with Gasteiger partial charge in [0.15, 0.2) is 5.11 Å². The van der Waals surface area contributed by atoms with E-state index in [0.717, 1.165) is 24.8 Å². The molecule has 0 saturated heterocycles. The van der Waals surface area contributed by atoms with E-state index in [9.17, 15) is 9.18 Å². The Morgan fingerprint density at radius 2 is 1.72 bits per heavy atom. The van der Waals surface area contributed by atoms with Crippen molar-refractivity contribution in [2.75, 3.05) is 6.54 Å². The Hall–Kier alpha value is -1.69. The Balaban J connectivity index is 1.56. The number of nitrogens with one attached hydrogen (secondary N) is 2. The van der Waals surface area contributed by atoms with Gasteiger partial charge in [-0.3, -0.25) is 4.79 Å². The minimum Gasteiger partial charge on any atom is -0.353 e. The molecule has 29 heavy (non-hydrogen) atoms. The number of halogens is 1. The van der Waals surface area contributed by atoms with Gasteiger partial charge in [-0.25, -0.2) is 4.39 Å². The van der Waals surface area contributed by atoms with Crippen molar-refractivity contribution in [2.24, 2.45) is 5.92 Å². The van der Waals surface area contributed by atoms with Gasteiger partial charge in [0.25, 0.3) is 0 Å². The summed E-state index contributed by atoms with van der Waals surface area (Å²) in [7, 11) is 0. The van der Waals surface area contributed by atoms with Gasteiger partial charge in [-0.15, -0.1) is 0 Å². The highest BCUT2D eigenvalue weighted by Crippen LogP contribution is 2.25. The van der Waals surface area contributed by atoms with Crippen molar-refractivity contribution in [1.82, 2.24) is 15.5 Å². The predicted octanol–water partition coefficient (Wildman–Crippen LogP) is 4.53. The summed E-state index contributed by atoms with van der Waals surface area (Å²) in [5.74, 6) is 0.320. The summed E-state index contributed by atoms with van der Waals surface area (Å²) in [6, 6.07) is 7.25. The minimum absolute atomic E-state index is 0.0106. The lowest BCUT2D eigenvalue weighted by atomic mass is 9.86. The summed E-state index contributed by atoms with van der Waals surface area (Å²) in [5, 5.41) is 6.98. The second-order valence-electron chi connectivity index (χ2n) is 8.64. The molecule has 3 rings (SSSR count). The van der Waals surface area contributed by atoms with Gasteiger partial charge in [0, 0.05) is 18.6 Å². The third-order valence-corrected chi connectivity index (χ3v) is 6.78. The number of carbonyl (C=O) groups is 1. The van der Waals surface area contributed by atoms with Crippen molar-refractivity contribution in [3.8, 4) is 0 Å². The number of thiocarbonyl (C=S) groups is 1. The summed E-state index contributed by atoms with van der Waals surface area (Å²) >= 11 is 5.69. The van der Waals surface area contributed by atoms with E-state index in [4.69, 9.17) is 12.2 Å². The number of nitrogens with zero attached hydrogens (tertiary/aromatic N) is 1. The first kappa shape index (κ1) is 22.0. The van der Waals surface area contributed by atoms with E-state index in [1.807, 2.05) is 12.1 Å². The zero-order valence-electron chi connectivity index (χ0n) is 17.5. The second kappa shape index (κ2) is 10.9. The van der Waals surface area contributed by atoms with Crippen LogP contribution in [0.4, 0.5) is 4.39 Å². The molecule has 0 heterocycles. The molecule has 2 N–H and O–H groups in total. The van der Waals surface area contributed by atoms with E-state index in [0.29, 0.717) is 23.6 Å². The molecule has 0 aromatic heterocycles. The Labute approximate surface area is 179 Å². The molecule has 160 valence electrons. The summed E-state index contributed by atoms with van der Waals surface area (Å²) < 4.78 is 13.3. The molecule has 4 nitrogen and oxygen atoms in total. The van der Waals surface area contributed by atoms with Gasteiger partial charge >= 0.3 is 0 Å². The van der Waals surface area contributed by atoms with Crippen LogP contribution in [0.1, 0.15) is 70.3 Å². The highest BCUT2D eigenvalue weighted by atomic mass is 32.1. The monoisotopic (exact) mass is 419 g/mol. The Kier molecular flexibility index (Phi) is 8.28. The van der Waals surface area contributed by atoms with Crippen LogP contribution in [0.3, 0.4) is 0 Å². The molecule has 0 radical (unpaired) electrons. The third-order valence-electron chi connectivity index (χ3n) is 6.40. The summed E-state index contributed by atoms with van der Waals surface area (Å²) in [6.07, 6.45) is 10.6. The first-order valence-electron chi connectivity index (χ1n) is 11.1. The van der Waals surface area contributed by atoms with Gasteiger partial charge in [0.05, 0.1) is 6.54 Å². The van der Waals surface area contributed by atoms with Crippen molar-refractivity contribution in [3.63, 3.8) is 0 Å². The molecule has 2 atom stereocenters. The SMILES string of the molecule is C[C@H]1CCCC[C@H]1NC(=O)CNC(=S)N(Cc1ccc(F)cc1)C1CCCCC1. The van der Waals surface area contributed by atoms with Gasteiger partial charge in [-0.2, -0.15) is 0 Å².